The number of ketones is 1. The number of hydrogen-bond donors (Lipinski definition) is 1. The first-order chi connectivity index (χ1) is 9.24. The highest BCUT2D eigenvalue weighted by Crippen LogP contribution is 2.42. The zero-order valence-electron chi connectivity index (χ0n) is 12.9. The van der Waals surface area contributed by atoms with Crippen molar-refractivity contribution >= 4 is 23.5 Å². The van der Waals surface area contributed by atoms with E-state index in [-0.39, 0.29) is 23.0 Å². The van der Waals surface area contributed by atoms with Crippen molar-refractivity contribution in [3.05, 3.63) is 12.2 Å². The number of rotatable bonds is 7. The number of carbonyl (C=O) groups is 2. The second-order valence-electron chi connectivity index (χ2n) is 6.45. The summed E-state index contributed by atoms with van der Waals surface area (Å²) in [6.07, 6.45) is 5.98. The fraction of sp³-hybridized carbons (Fsp3) is 0.750. The van der Waals surface area contributed by atoms with Gasteiger partial charge < -0.3 is 5.11 Å². The Labute approximate surface area is 126 Å². The van der Waals surface area contributed by atoms with Crippen LogP contribution in [0.5, 0.6) is 0 Å². The summed E-state index contributed by atoms with van der Waals surface area (Å²) in [6, 6.07) is 0. The summed E-state index contributed by atoms with van der Waals surface area (Å²) in [4.78, 5) is 23.1. The van der Waals surface area contributed by atoms with Crippen LogP contribution in [0.2, 0.25) is 0 Å². The molecular weight excluding hydrogens is 272 g/mol. The maximum absolute atomic E-state index is 12.6. The van der Waals surface area contributed by atoms with Crippen LogP contribution in [-0.4, -0.2) is 27.9 Å². The molecule has 0 aromatic carbocycles. The molecule has 0 bridgehead atoms. The van der Waals surface area contributed by atoms with Gasteiger partial charge in [-0.2, -0.15) is 11.8 Å². The van der Waals surface area contributed by atoms with E-state index in [9.17, 15) is 9.59 Å². The predicted molar refractivity (Wildman–Crippen MR) is 84.0 cm³/mol. The standard InChI is InChI=1S/C16H26O3S/c1-11-6-5-8-16(3,4)15(11)13(17)10-12(2)20-9-7-14(18)19/h5-6,11-12,15H,7-10H2,1-4H3,(H,18,19). The molecule has 0 amide bonds. The molecule has 0 aliphatic heterocycles. The minimum Gasteiger partial charge on any atom is -0.481 e. The molecule has 3 unspecified atom stereocenters. The van der Waals surface area contributed by atoms with Gasteiger partial charge in [-0.15, -0.1) is 0 Å². The molecule has 1 aliphatic carbocycles. The summed E-state index contributed by atoms with van der Waals surface area (Å²) >= 11 is 1.58. The minimum absolute atomic E-state index is 0.0245. The van der Waals surface area contributed by atoms with Gasteiger partial charge in [0.15, 0.2) is 0 Å². The molecule has 0 radical (unpaired) electrons. The topological polar surface area (TPSA) is 54.4 Å². The fourth-order valence-electron chi connectivity index (χ4n) is 3.08. The number of allylic oxidation sites excluding steroid dienone is 2. The molecule has 0 aromatic rings. The Morgan fingerprint density at radius 2 is 2.10 bits per heavy atom. The lowest BCUT2D eigenvalue weighted by Crippen LogP contribution is -2.38. The Balaban J connectivity index is 2.52. The molecule has 0 heterocycles. The second kappa shape index (κ2) is 7.30. The Hall–Kier alpha value is -0.770. The molecule has 114 valence electrons. The van der Waals surface area contributed by atoms with Crippen LogP contribution in [0.25, 0.3) is 0 Å². The van der Waals surface area contributed by atoms with Crippen LogP contribution in [0.15, 0.2) is 12.2 Å². The van der Waals surface area contributed by atoms with Crippen LogP contribution in [-0.2, 0) is 9.59 Å². The van der Waals surface area contributed by atoms with E-state index >= 15 is 0 Å². The summed E-state index contributed by atoms with van der Waals surface area (Å²) < 4.78 is 0. The summed E-state index contributed by atoms with van der Waals surface area (Å²) in [5.74, 6) is 0.496. The van der Waals surface area contributed by atoms with Crippen molar-refractivity contribution < 1.29 is 14.7 Å². The highest BCUT2D eigenvalue weighted by atomic mass is 32.2. The molecule has 0 fully saturated rings. The second-order valence-corrected chi connectivity index (χ2v) is 8.00. The van der Waals surface area contributed by atoms with E-state index < -0.39 is 5.97 Å². The largest absolute Gasteiger partial charge is 0.481 e. The lowest BCUT2D eigenvalue weighted by molar-refractivity contribution is -0.136. The van der Waals surface area contributed by atoms with Crippen molar-refractivity contribution in [1.29, 1.82) is 0 Å². The van der Waals surface area contributed by atoms with Gasteiger partial charge in [-0.25, -0.2) is 0 Å². The van der Waals surface area contributed by atoms with E-state index in [0.717, 1.165) is 6.42 Å². The van der Waals surface area contributed by atoms with E-state index in [1.165, 1.54) is 0 Å². The number of thioether (sulfide) groups is 1. The number of hydrogen-bond acceptors (Lipinski definition) is 3. The van der Waals surface area contributed by atoms with E-state index in [4.69, 9.17) is 5.11 Å². The maximum atomic E-state index is 12.6. The third-order valence-corrected chi connectivity index (χ3v) is 5.18. The molecule has 3 atom stereocenters. The fourth-order valence-corrected chi connectivity index (χ4v) is 4.06. The molecule has 0 saturated heterocycles. The molecule has 0 aromatic heterocycles. The van der Waals surface area contributed by atoms with Crippen LogP contribution in [0.1, 0.15) is 47.0 Å². The summed E-state index contributed by atoms with van der Waals surface area (Å²) in [6.45, 7) is 8.46. The SMILES string of the molecule is CC(CC(=O)C1C(C)C=CCC1(C)C)SCCC(=O)O. The van der Waals surface area contributed by atoms with Gasteiger partial charge in [0.05, 0.1) is 6.42 Å². The number of Topliss-reactive ketones (excluding diaryl/α,β-unsaturated/α-hetero) is 1. The quantitative estimate of drug-likeness (QED) is 0.727. The van der Waals surface area contributed by atoms with Crippen LogP contribution in [0, 0.1) is 17.3 Å². The third-order valence-electron chi connectivity index (χ3n) is 4.01. The molecule has 1 aliphatic rings. The third kappa shape index (κ3) is 4.97. The van der Waals surface area contributed by atoms with Gasteiger partial charge in [0, 0.05) is 23.3 Å². The van der Waals surface area contributed by atoms with E-state index in [2.05, 4.69) is 32.9 Å². The van der Waals surface area contributed by atoms with Crippen LogP contribution < -0.4 is 0 Å². The molecule has 1 rings (SSSR count). The molecule has 1 N–H and O–H groups in total. The minimum atomic E-state index is -0.775. The Kier molecular flexibility index (Phi) is 6.31. The van der Waals surface area contributed by atoms with Crippen LogP contribution >= 0.6 is 11.8 Å². The number of carboxylic acids is 1. The normalized spacial score (nSPS) is 26.2. The average Bonchev–Trinajstić information content (AvgIpc) is 2.26. The smallest absolute Gasteiger partial charge is 0.304 e. The Morgan fingerprint density at radius 3 is 2.65 bits per heavy atom. The zero-order chi connectivity index (χ0) is 15.3. The molecule has 20 heavy (non-hydrogen) atoms. The average molecular weight is 298 g/mol. The van der Waals surface area contributed by atoms with Crippen molar-refractivity contribution in [2.24, 2.45) is 17.3 Å². The van der Waals surface area contributed by atoms with Gasteiger partial charge in [-0.1, -0.05) is 39.8 Å². The van der Waals surface area contributed by atoms with Crippen LogP contribution in [0.4, 0.5) is 0 Å². The van der Waals surface area contributed by atoms with Gasteiger partial charge in [0.2, 0.25) is 0 Å². The van der Waals surface area contributed by atoms with Gasteiger partial charge >= 0.3 is 5.97 Å². The predicted octanol–water partition coefficient (Wildman–Crippen LogP) is 3.78. The van der Waals surface area contributed by atoms with Crippen molar-refractivity contribution in [3.8, 4) is 0 Å². The summed E-state index contributed by atoms with van der Waals surface area (Å²) in [7, 11) is 0. The Bertz CT molecular complexity index is 387. The van der Waals surface area contributed by atoms with Gasteiger partial charge in [0.25, 0.3) is 0 Å². The number of aliphatic carboxylic acids is 1. The molecule has 3 nitrogen and oxygen atoms in total. The molecule has 4 heteroatoms. The highest BCUT2D eigenvalue weighted by Gasteiger charge is 2.39. The zero-order valence-corrected chi connectivity index (χ0v) is 13.7. The molecular formula is C16H26O3S. The van der Waals surface area contributed by atoms with Gasteiger partial charge in [-0.05, 0) is 17.8 Å². The van der Waals surface area contributed by atoms with Gasteiger partial charge in [-0.3, -0.25) is 9.59 Å². The van der Waals surface area contributed by atoms with Crippen molar-refractivity contribution in [2.75, 3.05) is 5.75 Å². The van der Waals surface area contributed by atoms with Gasteiger partial charge in [0.1, 0.15) is 5.78 Å². The lowest BCUT2D eigenvalue weighted by atomic mass is 9.65. The monoisotopic (exact) mass is 298 g/mol. The van der Waals surface area contributed by atoms with E-state index in [1.807, 2.05) is 6.92 Å². The highest BCUT2D eigenvalue weighted by molar-refractivity contribution is 7.99. The number of carbonyl (C=O) groups excluding carboxylic acids is 1. The summed E-state index contributed by atoms with van der Waals surface area (Å²) in [5, 5.41) is 8.82. The molecule has 0 spiro atoms. The lowest BCUT2D eigenvalue weighted by Gasteiger charge is -2.39. The first-order valence-corrected chi connectivity index (χ1v) is 8.31. The summed E-state index contributed by atoms with van der Waals surface area (Å²) in [5.41, 5.74) is 0.0245. The number of carboxylic acid groups (broad SMARTS) is 1. The van der Waals surface area contributed by atoms with Crippen LogP contribution in [0.3, 0.4) is 0 Å². The van der Waals surface area contributed by atoms with E-state index in [0.29, 0.717) is 23.9 Å². The first-order valence-electron chi connectivity index (χ1n) is 7.27. The van der Waals surface area contributed by atoms with Crippen molar-refractivity contribution in [3.63, 3.8) is 0 Å². The first kappa shape index (κ1) is 17.3. The Morgan fingerprint density at radius 1 is 1.45 bits per heavy atom. The van der Waals surface area contributed by atoms with Crippen molar-refractivity contribution in [1.82, 2.24) is 0 Å². The van der Waals surface area contributed by atoms with Crippen molar-refractivity contribution in [2.45, 2.75) is 52.2 Å². The molecule has 0 saturated carbocycles. The van der Waals surface area contributed by atoms with E-state index in [1.54, 1.807) is 11.8 Å². The maximum Gasteiger partial charge on any atom is 0.304 e.